The molecule has 4 atom stereocenters. The van der Waals surface area contributed by atoms with E-state index in [1.54, 1.807) is 25.9 Å². The highest BCUT2D eigenvalue weighted by molar-refractivity contribution is 7.98. The molecule has 0 amide bonds. The van der Waals surface area contributed by atoms with Crippen molar-refractivity contribution in [1.29, 1.82) is 0 Å². The minimum atomic E-state index is -0.954. The summed E-state index contributed by atoms with van der Waals surface area (Å²) in [6.45, 7) is 7.87. The maximum atomic E-state index is 12.9. The molecule has 6 heteroatoms. The molecule has 28 heavy (non-hydrogen) atoms. The molecule has 1 aliphatic carbocycles. The summed E-state index contributed by atoms with van der Waals surface area (Å²) in [6.07, 6.45) is 3.16. The Hall–Kier alpha value is -1.34. The van der Waals surface area contributed by atoms with Crippen LogP contribution >= 0.6 is 11.8 Å². The van der Waals surface area contributed by atoms with E-state index < -0.39 is 12.1 Å². The Bertz CT molecular complexity index is 723. The number of quaternary nitrogens is 1. The van der Waals surface area contributed by atoms with Gasteiger partial charge in [0.1, 0.15) is 26.8 Å². The predicted octanol–water partition coefficient (Wildman–Crippen LogP) is 3.58. The van der Waals surface area contributed by atoms with Gasteiger partial charge in [-0.2, -0.15) is 0 Å². The highest BCUT2D eigenvalue weighted by atomic mass is 32.2. The van der Waals surface area contributed by atoms with Crippen LogP contribution in [0.1, 0.15) is 39.4 Å². The van der Waals surface area contributed by atoms with Gasteiger partial charge in [0.2, 0.25) is 0 Å². The van der Waals surface area contributed by atoms with Crippen molar-refractivity contribution in [3.05, 3.63) is 41.5 Å². The van der Waals surface area contributed by atoms with E-state index in [9.17, 15) is 15.0 Å². The first-order valence-corrected chi connectivity index (χ1v) is 10.8. The number of hydrogen-bond acceptors (Lipinski definition) is 5. The fourth-order valence-corrected chi connectivity index (χ4v) is 4.22. The van der Waals surface area contributed by atoms with E-state index in [-0.39, 0.29) is 34.5 Å². The summed E-state index contributed by atoms with van der Waals surface area (Å²) in [5.74, 6) is -0.348. The molecule has 5 nitrogen and oxygen atoms in total. The van der Waals surface area contributed by atoms with Crippen molar-refractivity contribution in [2.24, 2.45) is 17.3 Å². The zero-order chi connectivity index (χ0) is 21.3. The van der Waals surface area contributed by atoms with Crippen LogP contribution in [-0.2, 0) is 9.63 Å². The first kappa shape index (κ1) is 22.9. The van der Waals surface area contributed by atoms with E-state index in [1.807, 2.05) is 44.4 Å². The summed E-state index contributed by atoms with van der Waals surface area (Å²) in [7, 11) is 3.40. The summed E-state index contributed by atoms with van der Waals surface area (Å²) in [6, 6.07) is 6.86. The highest BCUT2D eigenvalue weighted by Crippen LogP contribution is 2.60. The van der Waals surface area contributed by atoms with Crippen molar-refractivity contribution in [2.75, 3.05) is 27.0 Å². The van der Waals surface area contributed by atoms with Crippen LogP contribution in [0.4, 0.5) is 0 Å². The molecule has 1 saturated carbocycles. The van der Waals surface area contributed by atoms with Gasteiger partial charge in [0, 0.05) is 4.90 Å². The summed E-state index contributed by atoms with van der Waals surface area (Å²) in [5, 5.41) is 20.8. The summed E-state index contributed by atoms with van der Waals surface area (Å²) < 4.78 is -0.241. The standard InChI is InChI=1S/C22H34NO4S/c1-14(2)12-17-19(22(17,3)4)21(26)27-23(5,6)18(13-24)20(25)15-8-10-16(28-7)11-9-15/h8-12,17-20,24-25H,13H2,1-7H3/q+1/t17-,18-,19+,20?/m0/s1. The molecular weight excluding hydrogens is 374 g/mol. The third kappa shape index (κ3) is 4.79. The van der Waals surface area contributed by atoms with Gasteiger partial charge in [-0.1, -0.05) is 37.6 Å². The second kappa shape index (κ2) is 8.57. The summed E-state index contributed by atoms with van der Waals surface area (Å²) >= 11 is 1.62. The predicted molar refractivity (Wildman–Crippen MR) is 112 cm³/mol. The molecule has 0 radical (unpaired) electrons. The Morgan fingerprint density at radius 2 is 1.86 bits per heavy atom. The van der Waals surface area contributed by atoms with Crippen LogP contribution in [0.25, 0.3) is 0 Å². The quantitative estimate of drug-likeness (QED) is 0.298. The molecule has 0 aromatic heterocycles. The van der Waals surface area contributed by atoms with Crippen LogP contribution in [0.2, 0.25) is 0 Å². The maximum absolute atomic E-state index is 12.9. The summed E-state index contributed by atoms with van der Waals surface area (Å²) in [4.78, 5) is 19.7. The van der Waals surface area contributed by atoms with Crippen LogP contribution in [0.3, 0.4) is 0 Å². The lowest BCUT2D eigenvalue weighted by molar-refractivity contribution is -1.08. The first-order valence-electron chi connectivity index (χ1n) is 9.60. The molecule has 1 aromatic carbocycles. The second-order valence-electron chi connectivity index (χ2n) is 8.88. The van der Waals surface area contributed by atoms with Crippen molar-refractivity contribution in [3.63, 3.8) is 0 Å². The first-order chi connectivity index (χ1) is 13.0. The van der Waals surface area contributed by atoms with Crippen molar-refractivity contribution >= 4 is 17.7 Å². The molecule has 0 heterocycles. The Balaban J connectivity index is 2.14. The number of aliphatic hydroxyl groups is 2. The Morgan fingerprint density at radius 3 is 2.32 bits per heavy atom. The average molecular weight is 409 g/mol. The van der Waals surface area contributed by atoms with Gasteiger partial charge < -0.3 is 10.2 Å². The van der Waals surface area contributed by atoms with E-state index >= 15 is 0 Å². The van der Waals surface area contributed by atoms with Gasteiger partial charge in [-0.05, 0) is 49.1 Å². The Kier molecular flexibility index (Phi) is 7.03. The number of allylic oxidation sites excluding steroid dienone is 2. The van der Waals surface area contributed by atoms with Crippen molar-refractivity contribution in [1.82, 2.24) is 0 Å². The third-order valence-corrected chi connectivity index (χ3v) is 6.55. The lowest BCUT2D eigenvalue weighted by atomic mass is 10.0. The molecule has 2 rings (SSSR count). The fraction of sp³-hybridized carbons (Fsp3) is 0.591. The van der Waals surface area contributed by atoms with Gasteiger partial charge in [0.25, 0.3) is 0 Å². The normalized spacial score (nSPS) is 22.9. The smallest absolute Gasteiger partial charge is 0.370 e. The molecule has 2 N–H and O–H groups in total. The van der Waals surface area contributed by atoms with E-state index in [2.05, 4.69) is 19.9 Å². The lowest BCUT2D eigenvalue weighted by Crippen LogP contribution is -2.54. The van der Waals surface area contributed by atoms with E-state index in [4.69, 9.17) is 4.84 Å². The molecular formula is C22H34NO4S+. The summed E-state index contributed by atoms with van der Waals surface area (Å²) in [5.41, 5.74) is 1.72. The van der Waals surface area contributed by atoms with Crippen molar-refractivity contribution in [2.45, 2.75) is 44.7 Å². The minimum Gasteiger partial charge on any atom is -0.390 e. The van der Waals surface area contributed by atoms with Gasteiger partial charge in [0.05, 0.1) is 5.92 Å². The number of likely N-dealkylation sites (N-methyl/N-ethyl adjacent to an activating group) is 1. The maximum Gasteiger partial charge on any atom is 0.370 e. The van der Waals surface area contributed by atoms with E-state index in [0.717, 1.165) is 4.90 Å². The fourth-order valence-electron chi connectivity index (χ4n) is 3.81. The number of nitrogens with zero attached hydrogens (tertiary/aromatic N) is 1. The van der Waals surface area contributed by atoms with Crippen molar-refractivity contribution in [3.8, 4) is 0 Å². The van der Waals surface area contributed by atoms with Crippen molar-refractivity contribution < 1.29 is 24.5 Å². The van der Waals surface area contributed by atoms with E-state index in [0.29, 0.717) is 5.56 Å². The van der Waals surface area contributed by atoms with E-state index in [1.165, 1.54) is 5.57 Å². The lowest BCUT2D eigenvalue weighted by Gasteiger charge is -2.36. The Labute approximate surface area is 172 Å². The van der Waals surface area contributed by atoms with Crippen LogP contribution in [0, 0.1) is 17.3 Å². The number of carbonyl (C=O) groups is 1. The zero-order valence-corrected chi connectivity index (χ0v) is 18.8. The van der Waals surface area contributed by atoms with Crippen LogP contribution in [-0.4, -0.2) is 53.8 Å². The van der Waals surface area contributed by atoms with Gasteiger partial charge in [0.15, 0.2) is 6.04 Å². The molecule has 1 aliphatic rings. The molecule has 1 fully saturated rings. The number of hydroxylamine groups is 3. The zero-order valence-electron chi connectivity index (χ0n) is 18.0. The molecule has 0 saturated heterocycles. The van der Waals surface area contributed by atoms with Gasteiger partial charge in [-0.25, -0.2) is 4.79 Å². The second-order valence-corrected chi connectivity index (χ2v) is 9.76. The number of hydrogen-bond donors (Lipinski definition) is 2. The molecule has 0 aliphatic heterocycles. The number of benzene rings is 1. The van der Waals surface area contributed by atoms with Gasteiger partial charge in [-0.15, -0.1) is 16.4 Å². The third-order valence-electron chi connectivity index (χ3n) is 5.81. The monoisotopic (exact) mass is 408 g/mol. The van der Waals surface area contributed by atoms with Gasteiger partial charge in [-0.3, -0.25) is 4.84 Å². The molecule has 156 valence electrons. The average Bonchev–Trinajstić information content (AvgIpc) is 3.14. The van der Waals surface area contributed by atoms with Crippen LogP contribution < -0.4 is 0 Å². The molecule has 0 bridgehead atoms. The van der Waals surface area contributed by atoms with Crippen LogP contribution in [0.15, 0.2) is 40.8 Å². The molecule has 1 unspecified atom stereocenters. The number of carbonyl (C=O) groups excluding carboxylic acids is 1. The topological polar surface area (TPSA) is 66.8 Å². The number of thioether (sulfide) groups is 1. The minimum absolute atomic E-state index is 0.144. The number of rotatable bonds is 8. The number of aliphatic hydroxyl groups excluding tert-OH is 2. The highest BCUT2D eigenvalue weighted by Gasteiger charge is 2.63. The van der Waals surface area contributed by atoms with Gasteiger partial charge >= 0.3 is 5.97 Å². The largest absolute Gasteiger partial charge is 0.390 e. The van der Waals surface area contributed by atoms with Crippen LogP contribution in [0.5, 0.6) is 0 Å². The SMILES string of the molecule is CSc1ccc(C(O)[C@H](CO)[N+](C)(C)OC(=O)[C@H]2[C@H](C=C(C)C)C2(C)C)cc1. The molecule has 0 spiro atoms. The Morgan fingerprint density at radius 1 is 1.29 bits per heavy atom. The molecule has 1 aromatic rings.